The van der Waals surface area contributed by atoms with Gasteiger partial charge in [0.15, 0.2) is 6.61 Å². The molecule has 0 bridgehead atoms. The first kappa shape index (κ1) is 23.3. The van der Waals surface area contributed by atoms with Crippen LogP contribution >= 0.6 is 11.6 Å². The summed E-state index contributed by atoms with van der Waals surface area (Å²) >= 11 is 5.70. The molecule has 1 heterocycles. The van der Waals surface area contributed by atoms with Gasteiger partial charge in [0.1, 0.15) is 5.02 Å². The van der Waals surface area contributed by atoms with E-state index in [9.17, 15) is 32.9 Å². The molecule has 0 unspecified atom stereocenters. The van der Waals surface area contributed by atoms with Crippen LogP contribution in [-0.4, -0.2) is 54.5 Å². The monoisotopic (exact) mass is 471 g/mol. The summed E-state index contributed by atoms with van der Waals surface area (Å²) in [5.41, 5.74) is -0.924. The molecule has 1 aliphatic rings. The van der Waals surface area contributed by atoms with Crippen molar-refractivity contribution in [3.63, 3.8) is 0 Å². The number of alkyl halides is 3. The smallest absolute Gasteiger partial charge is 0.416 e. The van der Waals surface area contributed by atoms with Crippen molar-refractivity contribution in [2.75, 3.05) is 37.7 Å². The summed E-state index contributed by atoms with van der Waals surface area (Å²) in [7, 11) is 0. The third-order valence-electron chi connectivity index (χ3n) is 4.88. The summed E-state index contributed by atoms with van der Waals surface area (Å²) in [5.74, 6) is -1.40. The highest BCUT2D eigenvalue weighted by Gasteiger charge is 2.31. The van der Waals surface area contributed by atoms with Gasteiger partial charge in [-0.3, -0.25) is 14.9 Å². The molecule has 1 amide bonds. The number of ether oxygens (including phenoxy) is 1. The fourth-order valence-corrected chi connectivity index (χ4v) is 3.36. The maximum absolute atomic E-state index is 12.9. The topological polar surface area (TPSA) is 93.0 Å². The van der Waals surface area contributed by atoms with Gasteiger partial charge in [0.05, 0.1) is 16.1 Å². The van der Waals surface area contributed by atoms with Crippen molar-refractivity contribution in [2.24, 2.45) is 0 Å². The molecule has 0 saturated carbocycles. The van der Waals surface area contributed by atoms with Crippen LogP contribution in [0.2, 0.25) is 5.02 Å². The van der Waals surface area contributed by atoms with Gasteiger partial charge in [-0.15, -0.1) is 0 Å². The second kappa shape index (κ2) is 9.43. The third kappa shape index (κ3) is 5.47. The van der Waals surface area contributed by atoms with Crippen LogP contribution in [0.3, 0.4) is 0 Å². The minimum absolute atomic E-state index is 0.122. The van der Waals surface area contributed by atoms with Crippen molar-refractivity contribution in [3.05, 3.63) is 68.7 Å². The first-order valence-electron chi connectivity index (χ1n) is 9.37. The Morgan fingerprint density at radius 3 is 2.41 bits per heavy atom. The van der Waals surface area contributed by atoms with Crippen molar-refractivity contribution in [3.8, 4) is 0 Å². The van der Waals surface area contributed by atoms with E-state index in [0.717, 1.165) is 18.2 Å². The van der Waals surface area contributed by atoms with Crippen LogP contribution in [0.5, 0.6) is 0 Å². The van der Waals surface area contributed by atoms with Crippen LogP contribution in [0.4, 0.5) is 24.5 Å². The fourth-order valence-electron chi connectivity index (χ4n) is 3.17. The van der Waals surface area contributed by atoms with Crippen LogP contribution in [0, 0.1) is 10.1 Å². The van der Waals surface area contributed by atoms with E-state index in [2.05, 4.69) is 0 Å². The summed E-state index contributed by atoms with van der Waals surface area (Å²) in [4.78, 5) is 37.8. The molecular weight excluding hydrogens is 455 g/mol. The predicted molar refractivity (Wildman–Crippen MR) is 109 cm³/mol. The molecule has 3 rings (SSSR count). The highest BCUT2D eigenvalue weighted by molar-refractivity contribution is 6.32. The van der Waals surface area contributed by atoms with Crippen LogP contribution in [0.15, 0.2) is 42.5 Å². The second-order valence-corrected chi connectivity index (χ2v) is 7.32. The predicted octanol–water partition coefficient (Wildman–Crippen LogP) is 3.77. The molecule has 0 N–H and O–H groups in total. The molecule has 2 aromatic rings. The lowest BCUT2D eigenvalue weighted by Crippen LogP contribution is -2.50. The molecule has 1 saturated heterocycles. The summed E-state index contributed by atoms with van der Waals surface area (Å²) in [6.45, 7) is 0.520. The number of hydrogen-bond donors (Lipinski definition) is 0. The highest BCUT2D eigenvalue weighted by Crippen LogP contribution is 2.32. The lowest BCUT2D eigenvalue weighted by molar-refractivity contribution is -0.384. The molecular formula is C20H17ClF3N3O5. The average molecular weight is 472 g/mol. The summed E-state index contributed by atoms with van der Waals surface area (Å²) < 4.78 is 43.7. The standard InChI is InChI=1S/C20H17ClF3N3O5/c21-16-5-4-13(10-17(16)27(30)31)19(29)32-12-18(28)26-8-6-25(7-9-26)15-3-1-2-14(11-15)20(22,23)24/h1-5,10-11H,6-9,12H2. The first-order chi connectivity index (χ1) is 15.1. The van der Waals surface area contributed by atoms with E-state index in [4.69, 9.17) is 16.3 Å². The molecule has 0 aromatic heterocycles. The van der Waals surface area contributed by atoms with Gasteiger partial charge in [-0.05, 0) is 30.3 Å². The minimum atomic E-state index is -4.44. The highest BCUT2D eigenvalue weighted by atomic mass is 35.5. The molecule has 0 atom stereocenters. The Morgan fingerprint density at radius 1 is 1.09 bits per heavy atom. The number of piperazine rings is 1. The quantitative estimate of drug-likeness (QED) is 0.374. The van der Waals surface area contributed by atoms with Crippen molar-refractivity contribution in [1.29, 1.82) is 0 Å². The minimum Gasteiger partial charge on any atom is -0.452 e. The Kier molecular flexibility index (Phi) is 6.87. The van der Waals surface area contributed by atoms with Crippen molar-refractivity contribution in [1.82, 2.24) is 4.90 Å². The Bertz CT molecular complexity index is 1040. The maximum atomic E-state index is 12.9. The number of nitro benzene ring substituents is 1. The van der Waals surface area contributed by atoms with Gasteiger partial charge in [0.2, 0.25) is 0 Å². The number of nitro groups is 1. The zero-order valence-corrected chi connectivity index (χ0v) is 17.2. The van der Waals surface area contributed by atoms with Gasteiger partial charge in [-0.25, -0.2) is 4.79 Å². The molecule has 1 fully saturated rings. The number of esters is 1. The molecule has 8 nitrogen and oxygen atoms in total. The fraction of sp³-hybridized carbons (Fsp3) is 0.300. The Hall–Kier alpha value is -3.34. The number of carbonyl (C=O) groups is 2. The number of halogens is 4. The summed E-state index contributed by atoms with van der Waals surface area (Å²) in [6, 6.07) is 8.34. The van der Waals surface area contributed by atoms with Crippen molar-refractivity contribution >= 4 is 34.9 Å². The molecule has 2 aromatic carbocycles. The van der Waals surface area contributed by atoms with Gasteiger partial charge in [-0.1, -0.05) is 17.7 Å². The molecule has 0 aliphatic carbocycles. The number of amides is 1. The van der Waals surface area contributed by atoms with E-state index in [1.54, 1.807) is 11.0 Å². The number of rotatable bonds is 5. The molecule has 1 aliphatic heterocycles. The number of nitrogens with zero attached hydrogens (tertiary/aromatic N) is 3. The third-order valence-corrected chi connectivity index (χ3v) is 5.20. The largest absolute Gasteiger partial charge is 0.452 e. The van der Waals surface area contributed by atoms with Gasteiger partial charge in [-0.2, -0.15) is 13.2 Å². The number of hydrogen-bond acceptors (Lipinski definition) is 6. The SMILES string of the molecule is O=C(OCC(=O)N1CCN(c2cccc(C(F)(F)F)c2)CC1)c1ccc(Cl)c([N+](=O)[O-])c1. The Labute approximate surface area is 185 Å². The maximum Gasteiger partial charge on any atom is 0.416 e. The number of anilines is 1. The Morgan fingerprint density at radius 2 is 1.78 bits per heavy atom. The van der Waals surface area contributed by atoms with E-state index >= 15 is 0 Å². The van der Waals surface area contributed by atoms with Gasteiger partial charge in [0, 0.05) is 37.9 Å². The van der Waals surface area contributed by atoms with Crippen molar-refractivity contribution < 1.29 is 32.4 Å². The molecule has 0 radical (unpaired) electrons. The van der Waals surface area contributed by atoms with E-state index in [0.29, 0.717) is 18.8 Å². The molecule has 12 heteroatoms. The van der Waals surface area contributed by atoms with Gasteiger partial charge in [0.25, 0.3) is 11.6 Å². The normalized spacial score (nSPS) is 14.2. The van der Waals surface area contributed by atoms with Gasteiger partial charge >= 0.3 is 12.1 Å². The first-order valence-corrected chi connectivity index (χ1v) is 9.75. The van der Waals surface area contributed by atoms with Crippen molar-refractivity contribution in [2.45, 2.75) is 6.18 Å². The summed E-state index contributed by atoms with van der Waals surface area (Å²) in [5, 5.41) is 10.8. The van der Waals surface area contributed by atoms with Crippen LogP contribution in [-0.2, 0) is 15.7 Å². The molecule has 170 valence electrons. The lowest BCUT2D eigenvalue weighted by Gasteiger charge is -2.36. The summed E-state index contributed by atoms with van der Waals surface area (Å²) in [6.07, 6.45) is -4.44. The zero-order valence-electron chi connectivity index (χ0n) is 16.5. The van der Waals surface area contributed by atoms with Crippen LogP contribution in [0.25, 0.3) is 0 Å². The average Bonchev–Trinajstić information content (AvgIpc) is 2.77. The lowest BCUT2D eigenvalue weighted by atomic mass is 10.1. The van der Waals surface area contributed by atoms with Crippen LogP contribution < -0.4 is 4.90 Å². The van der Waals surface area contributed by atoms with Gasteiger partial charge < -0.3 is 14.5 Å². The second-order valence-electron chi connectivity index (χ2n) is 6.92. The number of benzene rings is 2. The zero-order chi connectivity index (χ0) is 23.5. The molecule has 32 heavy (non-hydrogen) atoms. The molecule has 0 spiro atoms. The van der Waals surface area contributed by atoms with E-state index < -0.39 is 40.8 Å². The van der Waals surface area contributed by atoms with Crippen LogP contribution in [0.1, 0.15) is 15.9 Å². The van der Waals surface area contributed by atoms with E-state index in [1.807, 2.05) is 0 Å². The van der Waals surface area contributed by atoms with E-state index in [-0.39, 0.29) is 23.7 Å². The van der Waals surface area contributed by atoms with E-state index in [1.165, 1.54) is 23.1 Å². The number of carbonyl (C=O) groups excluding carboxylic acids is 2. The Balaban J connectivity index is 1.53.